The maximum Gasteiger partial charge on any atom is 0.335 e. The zero-order chi connectivity index (χ0) is 25.8. The lowest BCUT2D eigenvalue weighted by molar-refractivity contribution is -0.122. The number of hydrogen-bond acceptors (Lipinski definition) is 6. The van der Waals surface area contributed by atoms with E-state index in [9.17, 15) is 19.5 Å². The fraction of sp³-hybridized carbons (Fsp3) is 0.115. The van der Waals surface area contributed by atoms with Gasteiger partial charge in [0.15, 0.2) is 11.5 Å². The zero-order valence-corrected chi connectivity index (χ0v) is 20.5. The summed E-state index contributed by atoms with van der Waals surface area (Å²) < 4.78 is 11.6. The zero-order valence-electron chi connectivity index (χ0n) is 19.0. The highest BCUT2D eigenvalue weighted by molar-refractivity contribution is 6.39. The van der Waals surface area contributed by atoms with Gasteiger partial charge in [0.25, 0.3) is 11.8 Å². The summed E-state index contributed by atoms with van der Waals surface area (Å²) >= 11 is 12.5. The maximum absolute atomic E-state index is 13.1. The van der Waals surface area contributed by atoms with Crippen molar-refractivity contribution < 1.29 is 29.0 Å². The largest absolute Gasteiger partial charge is 0.508 e. The molecule has 0 radical (unpaired) electrons. The van der Waals surface area contributed by atoms with Crippen LogP contribution in [0.3, 0.4) is 0 Å². The number of barbiturate groups is 1. The van der Waals surface area contributed by atoms with Crippen LogP contribution in [0.1, 0.15) is 18.1 Å². The molecule has 2 N–H and O–H groups in total. The number of carbonyl (C=O) groups is 3. The van der Waals surface area contributed by atoms with Gasteiger partial charge >= 0.3 is 6.03 Å². The van der Waals surface area contributed by atoms with Crippen LogP contribution >= 0.6 is 23.2 Å². The van der Waals surface area contributed by atoms with E-state index in [2.05, 4.69) is 5.32 Å². The third-order valence-electron chi connectivity index (χ3n) is 5.12. The fourth-order valence-corrected chi connectivity index (χ4v) is 4.00. The first-order chi connectivity index (χ1) is 17.3. The fourth-order valence-electron chi connectivity index (χ4n) is 3.52. The Bertz CT molecular complexity index is 1370. The van der Waals surface area contributed by atoms with Gasteiger partial charge in [0, 0.05) is 5.02 Å². The number of urea groups is 1. The average molecular weight is 527 g/mol. The second kappa shape index (κ2) is 10.7. The van der Waals surface area contributed by atoms with Gasteiger partial charge in [-0.1, -0.05) is 35.3 Å². The molecule has 0 aromatic heterocycles. The Hall–Kier alpha value is -4.01. The lowest BCUT2D eigenvalue weighted by Crippen LogP contribution is -2.54. The Morgan fingerprint density at radius 1 is 1.00 bits per heavy atom. The van der Waals surface area contributed by atoms with Crippen LogP contribution in [0, 0.1) is 0 Å². The number of ether oxygens (including phenoxy) is 2. The van der Waals surface area contributed by atoms with E-state index in [1.54, 1.807) is 31.2 Å². The summed E-state index contributed by atoms with van der Waals surface area (Å²) in [6.45, 7) is 2.29. The van der Waals surface area contributed by atoms with Crippen molar-refractivity contribution in [3.8, 4) is 17.2 Å². The molecule has 4 amide bonds. The van der Waals surface area contributed by atoms with Crippen molar-refractivity contribution in [2.45, 2.75) is 13.5 Å². The molecular weight excluding hydrogens is 507 g/mol. The number of rotatable bonds is 7. The highest BCUT2D eigenvalue weighted by Crippen LogP contribution is 2.38. The molecule has 1 heterocycles. The standard InChI is InChI=1S/C26H20Cl2N2O6/c1-2-35-22-13-16(12-21(28)23(22)36-14-15-4-3-5-17(27)10-15)11-20-24(32)29-26(34)30(25(20)33)18-6-8-19(31)9-7-18/h3-13,31H,2,14H2,1H3,(H,29,32,34)/b20-11+. The number of aromatic hydroxyl groups is 1. The first-order valence-electron chi connectivity index (χ1n) is 10.8. The molecule has 0 unspecified atom stereocenters. The number of phenolic OH excluding ortho intramolecular Hbond substituents is 1. The van der Waals surface area contributed by atoms with Crippen molar-refractivity contribution in [2.24, 2.45) is 0 Å². The third kappa shape index (κ3) is 5.45. The lowest BCUT2D eigenvalue weighted by atomic mass is 10.1. The van der Waals surface area contributed by atoms with Crippen molar-refractivity contribution in [2.75, 3.05) is 11.5 Å². The van der Waals surface area contributed by atoms with Gasteiger partial charge in [-0.25, -0.2) is 9.69 Å². The number of carbonyl (C=O) groups excluding carboxylic acids is 3. The average Bonchev–Trinajstić information content (AvgIpc) is 2.82. The van der Waals surface area contributed by atoms with E-state index in [1.807, 2.05) is 6.07 Å². The van der Waals surface area contributed by atoms with Gasteiger partial charge in [0.05, 0.1) is 17.3 Å². The Labute approximate surface area is 216 Å². The van der Waals surface area contributed by atoms with Crippen LogP contribution in [0.15, 0.2) is 66.2 Å². The van der Waals surface area contributed by atoms with E-state index in [0.29, 0.717) is 28.7 Å². The predicted octanol–water partition coefficient (Wildman–Crippen LogP) is 5.34. The topological polar surface area (TPSA) is 105 Å². The van der Waals surface area contributed by atoms with Crippen LogP contribution in [-0.2, 0) is 16.2 Å². The van der Waals surface area contributed by atoms with E-state index in [-0.39, 0.29) is 28.6 Å². The van der Waals surface area contributed by atoms with Crippen LogP contribution in [-0.4, -0.2) is 29.6 Å². The third-order valence-corrected chi connectivity index (χ3v) is 5.64. The molecule has 0 atom stereocenters. The molecule has 10 heteroatoms. The molecule has 0 spiro atoms. The van der Waals surface area contributed by atoms with Crippen LogP contribution < -0.4 is 19.7 Å². The van der Waals surface area contributed by atoms with Gasteiger partial charge in [-0.05, 0) is 72.7 Å². The van der Waals surface area contributed by atoms with Crippen molar-refractivity contribution in [3.63, 3.8) is 0 Å². The van der Waals surface area contributed by atoms with Gasteiger partial charge in [-0.2, -0.15) is 0 Å². The number of amides is 4. The predicted molar refractivity (Wildman–Crippen MR) is 136 cm³/mol. The molecule has 1 aliphatic rings. The number of nitrogens with zero attached hydrogens (tertiary/aromatic N) is 1. The number of halogens is 2. The normalized spacial score (nSPS) is 14.7. The maximum atomic E-state index is 13.1. The lowest BCUT2D eigenvalue weighted by Gasteiger charge is -2.26. The molecule has 36 heavy (non-hydrogen) atoms. The molecule has 8 nitrogen and oxygen atoms in total. The minimum absolute atomic E-state index is 0.0359. The Morgan fingerprint density at radius 3 is 2.44 bits per heavy atom. The van der Waals surface area contributed by atoms with E-state index in [1.165, 1.54) is 36.4 Å². The molecule has 0 bridgehead atoms. The van der Waals surface area contributed by atoms with Crippen molar-refractivity contribution >= 4 is 52.8 Å². The monoisotopic (exact) mass is 526 g/mol. The minimum Gasteiger partial charge on any atom is -0.508 e. The summed E-state index contributed by atoms with van der Waals surface area (Å²) in [6.07, 6.45) is 1.31. The summed E-state index contributed by atoms with van der Waals surface area (Å²) in [5.41, 5.74) is 1.12. The van der Waals surface area contributed by atoms with E-state index >= 15 is 0 Å². The number of nitrogens with one attached hydrogen (secondary N) is 1. The highest BCUT2D eigenvalue weighted by Gasteiger charge is 2.36. The van der Waals surface area contributed by atoms with Crippen molar-refractivity contribution in [1.29, 1.82) is 0 Å². The second-order valence-electron chi connectivity index (χ2n) is 7.66. The molecule has 0 aliphatic carbocycles. The molecule has 0 saturated carbocycles. The molecule has 3 aromatic rings. The van der Waals surface area contributed by atoms with Crippen LogP contribution in [0.2, 0.25) is 10.0 Å². The molecule has 4 rings (SSSR count). The quantitative estimate of drug-likeness (QED) is 0.318. The molecule has 184 valence electrons. The number of phenols is 1. The Balaban J connectivity index is 1.65. The number of imide groups is 2. The SMILES string of the molecule is CCOc1cc(/C=C2\C(=O)NC(=O)N(c3ccc(O)cc3)C2=O)cc(Cl)c1OCc1cccc(Cl)c1. The van der Waals surface area contributed by atoms with Crippen molar-refractivity contribution in [1.82, 2.24) is 5.32 Å². The van der Waals surface area contributed by atoms with Crippen molar-refractivity contribution in [3.05, 3.63) is 87.4 Å². The molecule has 1 fully saturated rings. The van der Waals surface area contributed by atoms with Gasteiger partial charge in [-0.15, -0.1) is 0 Å². The van der Waals surface area contributed by atoms with Crippen LogP contribution in [0.5, 0.6) is 17.2 Å². The minimum atomic E-state index is -0.898. The number of anilines is 1. The molecular formula is C26H20Cl2N2O6. The summed E-state index contributed by atoms with van der Waals surface area (Å²) in [7, 11) is 0. The summed E-state index contributed by atoms with van der Waals surface area (Å²) in [5.74, 6) is -1.11. The van der Waals surface area contributed by atoms with E-state index in [4.69, 9.17) is 32.7 Å². The summed E-state index contributed by atoms with van der Waals surface area (Å²) in [6, 6.07) is 14.8. The smallest absolute Gasteiger partial charge is 0.335 e. The van der Waals surface area contributed by atoms with E-state index in [0.717, 1.165) is 10.5 Å². The second-order valence-corrected chi connectivity index (χ2v) is 8.50. The summed E-state index contributed by atoms with van der Waals surface area (Å²) in [4.78, 5) is 38.8. The molecule has 3 aromatic carbocycles. The molecule has 1 aliphatic heterocycles. The summed E-state index contributed by atoms with van der Waals surface area (Å²) in [5, 5.41) is 12.4. The number of hydrogen-bond donors (Lipinski definition) is 2. The first kappa shape index (κ1) is 25.1. The number of benzene rings is 3. The van der Waals surface area contributed by atoms with Gasteiger partial charge in [0.2, 0.25) is 0 Å². The van der Waals surface area contributed by atoms with Crippen LogP contribution in [0.4, 0.5) is 10.5 Å². The first-order valence-corrected chi connectivity index (χ1v) is 11.6. The highest BCUT2D eigenvalue weighted by atomic mass is 35.5. The Morgan fingerprint density at radius 2 is 1.75 bits per heavy atom. The van der Waals surface area contributed by atoms with Gasteiger partial charge in [0.1, 0.15) is 17.9 Å². The van der Waals surface area contributed by atoms with E-state index < -0.39 is 17.8 Å². The Kier molecular flexibility index (Phi) is 7.47. The molecule has 1 saturated heterocycles. The van der Waals surface area contributed by atoms with Gasteiger partial charge < -0.3 is 14.6 Å². The van der Waals surface area contributed by atoms with Gasteiger partial charge in [-0.3, -0.25) is 14.9 Å². The van der Waals surface area contributed by atoms with Crippen LogP contribution in [0.25, 0.3) is 6.08 Å².